The fourth-order valence-electron chi connectivity index (χ4n) is 3.49. The van der Waals surface area contributed by atoms with E-state index in [-0.39, 0.29) is 23.6 Å². The number of non-ortho nitro benzene ring substituents is 1. The number of ketones is 1. The summed E-state index contributed by atoms with van der Waals surface area (Å²) in [5.41, 5.74) is 0.653. The van der Waals surface area contributed by atoms with Crippen LogP contribution in [-0.4, -0.2) is 26.6 Å². The van der Waals surface area contributed by atoms with Crippen LogP contribution in [0.3, 0.4) is 0 Å². The summed E-state index contributed by atoms with van der Waals surface area (Å²) in [6.45, 7) is 0.00476. The summed E-state index contributed by atoms with van der Waals surface area (Å²) in [4.78, 5) is 37.4. The summed E-state index contributed by atoms with van der Waals surface area (Å²) < 4.78 is 5.32. The number of rotatable bonds is 5. The first-order valence-electron chi connectivity index (χ1n) is 9.08. The van der Waals surface area contributed by atoms with Crippen LogP contribution in [0, 0.1) is 10.1 Å². The van der Waals surface area contributed by atoms with E-state index >= 15 is 0 Å². The van der Waals surface area contributed by atoms with Gasteiger partial charge in [-0.2, -0.15) is 0 Å². The molecule has 2 heterocycles. The van der Waals surface area contributed by atoms with Crippen molar-refractivity contribution in [2.75, 3.05) is 0 Å². The Labute approximate surface area is 170 Å². The zero-order chi connectivity index (χ0) is 21.3. The first kappa shape index (κ1) is 19.1. The number of amides is 1. The molecule has 2 aromatic carbocycles. The van der Waals surface area contributed by atoms with Crippen LogP contribution < -0.4 is 0 Å². The Balaban J connectivity index is 1.85. The van der Waals surface area contributed by atoms with E-state index in [0.717, 1.165) is 0 Å². The van der Waals surface area contributed by atoms with Crippen LogP contribution in [0.15, 0.2) is 83.0 Å². The lowest BCUT2D eigenvalue weighted by molar-refractivity contribution is -0.384. The number of likely N-dealkylation sites (tertiary alicyclic amines) is 1. The largest absolute Gasteiger partial charge is 0.507 e. The first-order chi connectivity index (χ1) is 14.5. The minimum Gasteiger partial charge on any atom is -0.507 e. The Morgan fingerprint density at radius 2 is 1.73 bits per heavy atom. The highest BCUT2D eigenvalue weighted by atomic mass is 16.6. The second kappa shape index (κ2) is 7.67. The normalized spacial score (nSPS) is 18.0. The van der Waals surface area contributed by atoms with Crippen molar-refractivity contribution in [2.45, 2.75) is 12.6 Å². The van der Waals surface area contributed by atoms with Crippen molar-refractivity contribution in [1.82, 2.24) is 4.90 Å². The van der Waals surface area contributed by atoms with Gasteiger partial charge in [0.1, 0.15) is 11.5 Å². The number of hydrogen-bond acceptors (Lipinski definition) is 6. The SMILES string of the molecule is O=C1C(=O)N(Cc2ccco2)C(c2ccc([N+](=O)[O-])cc2)C1=C(O)c1ccccc1. The Hall–Kier alpha value is -4.20. The fourth-order valence-corrected chi connectivity index (χ4v) is 3.49. The predicted octanol–water partition coefficient (Wildman–Crippen LogP) is 3.81. The van der Waals surface area contributed by atoms with Crippen molar-refractivity contribution < 1.29 is 24.0 Å². The lowest BCUT2D eigenvalue weighted by Gasteiger charge is -2.24. The van der Waals surface area contributed by atoms with Crippen LogP contribution in [0.1, 0.15) is 22.9 Å². The third-order valence-corrected chi connectivity index (χ3v) is 4.91. The molecule has 3 aromatic rings. The molecule has 1 unspecified atom stereocenters. The molecule has 4 rings (SSSR count). The van der Waals surface area contributed by atoms with E-state index in [9.17, 15) is 24.8 Å². The molecule has 1 saturated heterocycles. The molecule has 150 valence electrons. The number of nitro benzene ring substituents is 1. The standard InChI is InChI=1S/C22H16N2O6/c25-20(15-5-2-1-3-6-15)18-19(14-8-10-16(11-9-14)24(28)29)23(22(27)21(18)26)13-17-7-4-12-30-17/h1-12,19,25H,13H2. The highest BCUT2D eigenvalue weighted by Crippen LogP contribution is 2.40. The summed E-state index contributed by atoms with van der Waals surface area (Å²) in [5, 5.41) is 21.9. The van der Waals surface area contributed by atoms with E-state index in [4.69, 9.17) is 4.42 Å². The number of carbonyl (C=O) groups excluding carboxylic acids is 2. The highest BCUT2D eigenvalue weighted by Gasteiger charge is 2.46. The van der Waals surface area contributed by atoms with Crippen molar-refractivity contribution in [3.63, 3.8) is 0 Å². The number of Topliss-reactive ketones (excluding diaryl/α,β-unsaturated/α-hetero) is 1. The molecule has 0 spiro atoms. The van der Waals surface area contributed by atoms with Crippen LogP contribution in [0.2, 0.25) is 0 Å². The molecule has 0 radical (unpaired) electrons. The summed E-state index contributed by atoms with van der Waals surface area (Å²) >= 11 is 0. The van der Waals surface area contributed by atoms with Gasteiger partial charge in [-0.05, 0) is 29.8 Å². The van der Waals surface area contributed by atoms with Crippen molar-refractivity contribution in [3.8, 4) is 0 Å². The maximum atomic E-state index is 12.9. The van der Waals surface area contributed by atoms with Gasteiger partial charge in [0.15, 0.2) is 0 Å². The lowest BCUT2D eigenvalue weighted by atomic mass is 9.95. The second-order valence-electron chi connectivity index (χ2n) is 6.72. The van der Waals surface area contributed by atoms with Crippen molar-refractivity contribution in [2.24, 2.45) is 0 Å². The van der Waals surface area contributed by atoms with E-state index in [1.54, 1.807) is 42.5 Å². The molecule has 8 nitrogen and oxygen atoms in total. The molecular weight excluding hydrogens is 388 g/mol. The molecule has 1 fully saturated rings. The Morgan fingerprint density at radius 3 is 2.33 bits per heavy atom. The van der Waals surface area contributed by atoms with E-state index < -0.39 is 22.7 Å². The number of carbonyl (C=O) groups is 2. The van der Waals surface area contributed by atoms with Crippen LogP contribution in [-0.2, 0) is 16.1 Å². The van der Waals surface area contributed by atoms with Crippen molar-refractivity contribution in [3.05, 3.63) is 106 Å². The van der Waals surface area contributed by atoms with Gasteiger partial charge in [-0.3, -0.25) is 19.7 Å². The lowest BCUT2D eigenvalue weighted by Crippen LogP contribution is -2.29. The average Bonchev–Trinajstić information content (AvgIpc) is 3.36. The summed E-state index contributed by atoms with van der Waals surface area (Å²) in [7, 11) is 0. The molecule has 8 heteroatoms. The molecule has 1 N–H and O–H groups in total. The van der Waals surface area contributed by atoms with Gasteiger partial charge in [-0.15, -0.1) is 0 Å². The minimum atomic E-state index is -0.920. The molecule has 1 aliphatic rings. The van der Waals surface area contributed by atoms with Gasteiger partial charge in [0, 0.05) is 17.7 Å². The number of hydrogen-bond donors (Lipinski definition) is 1. The maximum Gasteiger partial charge on any atom is 0.296 e. The highest BCUT2D eigenvalue weighted by molar-refractivity contribution is 6.46. The van der Waals surface area contributed by atoms with Crippen LogP contribution in [0.5, 0.6) is 0 Å². The third-order valence-electron chi connectivity index (χ3n) is 4.91. The summed E-state index contributed by atoms with van der Waals surface area (Å²) in [6.07, 6.45) is 1.46. The van der Waals surface area contributed by atoms with E-state index in [0.29, 0.717) is 16.9 Å². The number of aliphatic hydroxyl groups excluding tert-OH is 1. The van der Waals surface area contributed by atoms with Gasteiger partial charge in [-0.1, -0.05) is 30.3 Å². The van der Waals surface area contributed by atoms with E-state index in [1.807, 2.05) is 0 Å². The quantitative estimate of drug-likeness (QED) is 0.227. The minimum absolute atomic E-state index is 0.00476. The van der Waals surface area contributed by atoms with Gasteiger partial charge in [0.2, 0.25) is 0 Å². The molecule has 0 saturated carbocycles. The van der Waals surface area contributed by atoms with E-state index in [1.165, 1.54) is 35.4 Å². The van der Waals surface area contributed by atoms with Crippen molar-refractivity contribution >= 4 is 23.1 Å². The maximum absolute atomic E-state index is 12.9. The van der Waals surface area contributed by atoms with Gasteiger partial charge >= 0.3 is 0 Å². The number of aliphatic hydroxyl groups is 1. The number of furan rings is 1. The smallest absolute Gasteiger partial charge is 0.296 e. The summed E-state index contributed by atoms with van der Waals surface area (Å²) in [5.74, 6) is -1.46. The molecule has 1 aliphatic heterocycles. The fraction of sp³-hybridized carbons (Fsp3) is 0.0909. The molecule has 1 amide bonds. The van der Waals surface area contributed by atoms with Gasteiger partial charge < -0.3 is 14.4 Å². The van der Waals surface area contributed by atoms with Gasteiger partial charge in [-0.25, -0.2) is 0 Å². The Morgan fingerprint density at radius 1 is 1.03 bits per heavy atom. The first-order valence-corrected chi connectivity index (χ1v) is 9.08. The monoisotopic (exact) mass is 404 g/mol. The Bertz CT molecular complexity index is 1130. The van der Waals surface area contributed by atoms with Gasteiger partial charge in [0.25, 0.3) is 17.4 Å². The van der Waals surface area contributed by atoms with Crippen LogP contribution >= 0.6 is 0 Å². The molecular formula is C22H16N2O6. The molecule has 30 heavy (non-hydrogen) atoms. The molecule has 1 atom stereocenters. The summed E-state index contributed by atoms with van der Waals surface area (Å²) in [6, 6.07) is 16.4. The van der Waals surface area contributed by atoms with Crippen molar-refractivity contribution in [1.29, 1.82) is 0 Å². The molecule has 0 bridgehead atoms. The number of nitrogens with zero attached hydrogens (tertiary/aromatic N) is 2. The topological polar surface area (TPSA) is 114 Å². The molecule has 1 aromatic heterocycles. The number of benzene rings is 2. The molecule has 0 aliphatic carbocycles. The number of nitro groups is 1. The Kier molecular flexibility index (Phi) is 4.89. The second-order valence-corrected chi connectivity index (χ2v) is 6.72. The average molecular weight is 404 g/mol. The zero-order valence-electron chi connectivity index (χ0n) is 15.6. The zero-order valence-corrected chi connectivity index (χ0v) is 15.6. The van der Waals surface area contributed by atoms with Crippen LogP contribution in [0.4, 0.5) is 5.69 Å². The predicted molar refractivity (Wildman–Crippen MR) is 106 cm³/mol. The van der Waals surface area contributed by atoms with Gasteiger partial charge in [0.05, 0.1) is 29.3 Å². The van der Waals surface area contributed by atoms with Crippen LogP contribution in [0.25, 0.3) is 5.76 Å². The third kappa shape index (κ3) is 3.35. The van der Waals surface area contributed by atoms with E-state index in [2.05, 4.69) is 0 Å².